The molecule has 0 aliphatic carbocycles. The maximum Gasteiger partial charge on any atom is 0.298 e. The third-order valence-corrected chi connectivity index (χ3v) is 6.47. The quantitative estimate of drug-likeness (QED) is 0.700. The molecule has 0 radical (unpaired) electrons. The Morgan fingerprint density at radius 2 is 1.72 bits per heavy atom. The van der Waals surface area contributed by atoms with Gasteiger partial charge in [0.2, 0.25) is 11.0 Å². The number of oxazole rings is 1. The van der Waals surface area contributed by atoms with E-state index in [1.165, 1.54) is 21.2 Å². The van der Waals surface area contributed by atoms with Crippen LogP contribution in [0.4, 0.5) is 5.69 Å². The summed E-state index contributed by atoms with van der Waals surface area (Å²) in [4.78, 5) is 29.9. The van der Waals surface area contributed by atoms with E-state index in [4.69, 9.17) is 16.6 Å². The van der Waals surface area contributed by atoms with Crippen molar-refractivity contribution in [2.45, 2.75) is 27.3 Å². The van der Waals surface area contributed by atoms with Crippen LogP contribution < -0.4 is 21.4 Å². The lowest BCUT2D eigenvalue weighted by Crippen LogP contribution is -2.37. The first kappa shape index (κ1) is 19.7. The fourth-order valence-corrected chi connectivity index (χ4v) is 5.02. The number of nitrogens with zero attached hydrogens (tertiary/aromatic N) is 3. The summed E-state index contributed by atoms with van der Waals surface area (Å²) < 4.78 is 8.06. The van der Waals surface area contributed by atoms with Crippen molar-refractivity contribution in [1.82, 2.24) is 9.47 Å². The molecular formula is C21H21N3O3S2. The van der Waals surface area contributed by atoms with Gasteiger partial charge in [-0.25, -0.2) is 0 Å². The first-order chi connectivity index (χ1) is 14.0. The van der Waals surface area contributed by atoms with Gasteiger partial charge in [-0.2, -0.15) is 0 Å². The molecule has 2 aliphatic rings. The van der Waals surface area contributed by atoms with Crippen LogP contribution >= 0.6 is 24.0 Å². The Morgan fingerprint density at radius 3 is 2.38 bits per heavy atom. The molecule has 0 spiro atoms. The number of likely N-dealkylation sites (N-methyl/N-ethyl adjacent to an activating group) is 1. The summed E-state index contributed by atoms with van der Waals surface area (Å²) in [5.74, 6) is -0.216. The van der Waals surface area contributed by atoms with Crippen molar-refractivity contribution in [2.75, 3.05) is 18.0 Å². The van der Waals surface area contributed by atoms with Crippen LogP contribution in [0.2, 0.25) is 0 Å². The highest BCUT2D eigenvalue weighted by molar-refractivity contribution is 8.30. The number of thioether (sulfide) groups is 1. The van der Waals surface area contributed by atoms with Gasteiger partial charge in [-0.1, -0.05) is 36.5 Å². The molecule has 29 heavy (non-hydrogen) atoms. The van der Waals surface area contributed by atoms with E-state index in [1.54, 1.807) is 0 Å². The molecule has 6 nitrogen and oxygen atoms in total. The largest absolute Gasteiger partial charge is 0.431 e. The predicted octanol–water partition coefficient (Wildman–Crippen LogP) is 2.11. The van der Waals surface area contributed by atoms with Crippen LogP contribution in [0.15, 0.2) is 39.6 Å². The zero-order chi connectivity index (χ0) is 20.7. The maximum absolute atomic E-state index is 13.2. The minimum atomic E-state index is -0.248. The van der Waals surface area contributed by atoms with E-state index in [0.29, 0.717) is 34.6 Å². The van der Waals surface area contributed by atoms with Crippen LogP contribution in [0.1, 0.15) is 26.3 Å². The second kappa shape index (κ2) is 7.68. The lowest BCUT2D eigenvalue weighted by Gasteiger charge is -2.28. The van der Waals surface area contributed by atoms with Gasteiger partial charge >= 0.3 is 0 Å². The van der Waals surface area contributed by atoms with Gasteiger partial charge in [-0.15, -0.1) is 0 Å². The fourth-order valence-electron chi connectivity index (χ4n) is 3.63. The average Bonchev–Trinajstić information content (AvgIpc) is 3.21. The van der Waals surface area contributed by atoms with Crippen molar-refractivity contribution in [3.63, 3.8) is 0 Å². The molecule has 1 aromatic heterocycles. The van der Waals surface area contributed by atoms with E-state index in [2.05, 4.69) is 4.90 Å². The second-order valence-electron chi connectivity index (χ2n) is 6.55. The summed E-state index contributed by atoms with van der Waals surface area (Å²) in [5, 5.41) is 0. The number of fused-ring (bicyclic) bond motifs is 1. The number of thiocarbonyl (C=S) groups is 1. The van der Waals surface area contributed by atoms with Crippen LogP contribution in [0, 0.1) is 0 Å². The molecule has 0 unspecified atom stereocenters. The number of amides is 1. The molecule has 0 bridgehead atoms. The van der Waals surface area contributed by atoms with Crippen LogP contribution in [-0.2, 0) is 11.3 Å². The van der Waals surface area contributed by atoms with E-state index < -0.39 is 0 Å². The predicted molar refractivity (Wildman–Crippen MR) is 121 cm³/mol. The molecule has 150 valence electrons. The highest BCUT2D eigenvalue weighted by Gasteiger charge is 2.34. The zero-order valence-corrected chi connectivity index (χ0v) is 18.1. The van der Waals surface area contributed by atoms with Gasteiger partial charge in [0.1, 0.15) is 9.23 Å². The van der Waals surface area contributed by atoms with Crippen LogP contribution in [-0.4, -0.2) is 32.8 Å². The first-order valence-electron chi connectivity index (χ1n) is 9.58. The number of carbonyl (C=O) groups excluding carboxylic acids is 1. The summed E-state index contributed by atoms with van der Waals surface area (Å²) in [7, 11) is 0. The number of rotatable bonds is 3. The minimum absolute atomic E-state index is 0.216. The molecule has 8 heteroatoms. The highest BCUT2D eigenvalue weighted by atomic mass is 32.2. The van der Waals surface area contributed by atoms with Gasteiger partial charge in [0.25, 0.3) is 11.5 Å². The average molecular weight is 428 g/mol. The lowest BCUT2D eigenvalue weighted by atomic mass is 10.1. The molecule has 2 aliphatic heterocycles. The number of carbonyl (C=O) groups is 1. The molecule has 0 saturated carbocycles. The first-order valence-corrected chi connectivity index (χ1v) is 10.8. The Morgan fingerprint density at radius 1 is 1.00 bits per heavy atom. The van der Waals surface area contributed by atoms with Crippen molar-refractivity contribution in [3.05, 3.63) is 57.2 Å². The second-order valence-corrected chi connectivity index (χ2v) is 8.20. The van der Waals surface area contributed by atoms with Crippen molar-refractivity contribution in [1.29, 1.82) is 0 Å². The third-order valence-electron chi connectivity index (χ3n) is 5.05. The molecule has 0 N–H and O–H groups in total. The maximum atomic E-state index is 13.2. The van der Waals surface area contributed by atoms with Gasteiger partial charge in [-0.3, -0.25) is 19.1 Å². The molecule has 4 rings (SSSR count). The van der Waals surface area contributed by atoms with Crippen molar-refractivity contribution >= 4 is 56.6 Å². The Balaban J connectivity index is 2.01. The van der Waals surface area contributed by atoms with E-state index in [1.807, 2.05) is 57.2 Å². The van der Waals surface area contributed by atoms with Gasteiger partial charge in [-0.05, 0) is 50.2 Å². The van der Waals surface area contributed by atoms with Crippen molar-refractivity contribution < 1.29 is 9.21 Å². The summed E-state index contributed by atoms with van der Waals surface area (Å²) in [5.41, 5.74) is 3.05. The monoisotopic (exact) mass is 427 g/mol. The summed E-state index contributed by atoms with van der Waals surface area (Å²) in [6.45, 7) is 7.32. The van der Waals surface area contributed by atoms with E-state index >= 15 is 0 Å². The van der Waals surface area contributed by atoms with E-state index in [-0.39, 0.29) is 22.4 Å². The highest BCUT2D eigenvalue weighted by Crippen LogP contribution is 2.31. The number of aromatic nitrogens is 1. The number of hydrogen-bond donors (Lipinski definition) is 0. The molecule has 1 amide bonds. The van der Waals surface area contributed by atoms with Crippen LogP contribution in [0.25, 0.3) is 16.7 Å². The van der Waals surface area contributed by atoms with Gasteiger partial charge in [0.05, 0.1) is 5.70 Å². The van der Waals surface area contributed by atoms with Crippen molar-refractivity contribution in [2.24, 2.45) is 0 Å². The Kier molecular flexibility index (Phi) is 5.23. The molecule has 1 fully saturated rings. The third kappa shape index (κ3) is 3.07. The SMILES string of the molecule is CCN1C(=O)/C(=c2\o/c(=C3\C=Cc4ccccc4N3CC)c(=O)n2CC)SC1=S. The summed E-state index contributed by atoms with van der Waals surface area (Å²) in [6, 6.07) is 8.01. The number of hydrogen-bond acceptors (Lipinski definition) is 6. The molecule has 2 aromatic rings. The van der Waals surface area contributed by atoms with E-state index in [9.17, 15) is 9.59 Å². The van der Waals surface area contributed by atoms with Gasteiger partial charge in [0, 0.05) is 25.3 Å². The molecule has 1 aromatic carbocycles. The summed E-state index contributed by atoms with van der Waals surface area (Å²) in [6.07, 6.45) is 3.87. The van der Waals surface area contributed by atoms with Gasteiger partial charge < -0.3 is 9.32 Å². The lowest BCUT2D eigenvalue weighted by molar-refractivity contribution is -0.120. The van der Waals surface area contributed by atoms with Crippen molar-refractivity contribution in [3.8, 4) is 0 Å². The minimum Gasteiger partial charge on any atom is -0.431 e. The standard InChI is InChI=1S/C21H21N3O3S2/c1-4-22-14-10-8-7-9-13(14)11-12-15(22)16-18(25)23(5-2)20(27-16)17-19(26)24(6-3)21(28)29-17/h7-12H,4-6H2,1-3H3/b16-15+,20-17+. The normalized spacial score (nSPS) is 20.0. The zero-order valence-electron chi connectivity index (χ0n) is 16.5. The summed E-state index contributed by atoms with van der Waals surface area (Å²) >= 11 is 6.50. The molecule has 1 saturated heterocycles. The number of para-hydroxylation sites is 1. The Hall–Kier alpha value is -2.58. The Bertz CT molecular complexity index is 1220. The topological polar surface area (TPSA) is 58.7 Å². The van der Waals surface area contributed by atoms with Crippen LogP contribution in [0.3, 0.4) is 0 Å². The Labute approximate surface area is 177 Å². The molecule has 0 atom stereocenters. The molecule has 3 heterocycles. The van der Waals surface area contributed by atoms with E-state index in [0.717, 1.165) is 11.3 Å². The molecular weight excluding hydrogens is 406 g/mol. The van der Waals surface area contributed by atoms with Crippen LogP contribution in [0.5, 0.6) is 0 Å². The smallest absolute Gasteiger partial charge is 0.298 e. The number of anilines is 1. The van der Waals surface area contributed by atoms with Gasteiger partial charge in [0.15, 0.2) is 0 Å². The fraction of sp³-hybridized carbons (Fsp3) is 0.286. The number of benzene rings is 1.